The zero-order valence-electron chi connectivity index (χ0n) is 6.73. The van der Waals surface area contributed by atoms with Crippen LogP contribution in [0.5, 0.6) is 0 Å². The summed E-state index contributed by atoms with van der Waals surface area (Å²) >= 11 is 0. The first kappa shape index (κ1) is 10.5. The largest absolute Gasteiger partial charge is 0.396 e. The van der Waals surface area contributed by atoms with Crippen molar-refractivity contribution in [3.8, 4) is 0 Å². The van der Waals surface area contributed by atoms with Crippen LogP contribution in [0.1, 0.15) is 19.8 Å². The van der Waals surface area contributed by atoms with Gasteiger partial charge in [0, 0.05) is 12.5 Å². The Kier molecular flexibility index (Phi) is 5.97. The minimum atomic E-state index is -0.365. The van der Waals surface area contributed by atoms with Crippen LogP contribution in [0, 0.1) is 10.8 Å². The molecule has 0 aromatic carbocycles. The lowest BCUT2D eigenvalue weighted by Gasteiger charge is -2.10. The number of rotatable bonds is 6. The summed E-state index contributed by atoms with van der Waals surface area (Å²) in [4.78, 5) is 9.80. The normalized spacial score (nSPS) is 15.9. The fraction of sp³-hybridized carbons (Fsp3) is 1.00. The number of hydrogen-bond donors (Lipinski definition) is 2. The van der Waals surface area contributed by atoms with E-state index < -0.39 is 0 Å². The molecule has 0 bridgehead atoms. The predicted octanol–water partition coefficient (Wildman–Crippen LogP) is 0.522. The van der Waals surface area contributed by atoms with Gasteiger partial charge in [0.2, 0.25) is 0 Å². The van der Waals surface area contributed by atoms with Gasteiger partial charge in [-0.3, -0.25) is 0 Å². The third-order valence-electron chi connectivity index (χ3n) is 1.58. The molecule has 0 aliphatic carbocycles. The highest BCUT2D eigenvalue weighted by atomic mass is 16.3. The first-order chi connectivity index (χ1) is 5.20. The fourth-order valence-electron chi connectivity index (χ4n) is 0.823. The molecule has 11 heavy (non-hydrogen) atoms. The highest BCUT2D eigenvalue weighted by Crippen LogP contribution is 2.08. The molecule has 0 saturated carbocycles. The van der Waals surface area contributed by atoms with Gasteiger partial charge in [-0.05, 0) is 19.8 Å². The molecule has 0 aliphatic rings. The Labute approximate surface area is 66.2 Å². The second-order valence-electron chi connectivity index (χ2n) is 2.79. The molecule has 0 amide bonds. The van der Waals surface area contributed by atoms with Gasteiger partial charge in [0.05, 0.1) is 12.6 Å². The summed E-state index contributed by atoms with van der Waals surface area (Å²) in [6.45, 7) is 1.80. The van der Waals surface area contributed by atoms with E-state index in [4.69, 9.17) is 10.2 Å². The van der Waals surface area contributed by atoms with E-state index in [1.165, 1.54) is 0 Å². The van der Waals surface area contributed by atoms with Crippen LogP contribution in [0.4, 0.5) is 0 Å². The minimum Gasteiger partial charge on any atom is -0.396 e. The maximum absolute atomic E-state index is 9.80. The molecule has 4 heteroatoms. The molecule has 66 valence electrons. The van der Waals surface area contributed by atoms with Crippen LogP contribution in [0.3, 0.4) is 0 Å². The molecule has 0 unspecified atom stereocenters. The number of nitroso groups, excluding NO2 is 1. The van der Waals surface area contributed by atoms with Gasteiger partial charge in [0.1, 0.15) is 0 Å². The van der Waals surface area contributed by atoms with Crippen LogP contribution in [0.2, 0.25) is 0 Å². The van der Waals surface area contributed by atoms with Gasteiger partial charge in [-0.2, -0.15) is 4.91 Å². The Morgan fingerprint density at radius 2 is 2.09 bits per heavy atom. The molecule has 0 radical (unpaired) electrons. The Morgan fingerprint density at radius 3 is 2.45 bits per heavy atom. The average Bonchev–Trinajstić information content (AvgIpc) is 1.97. The number of aliphatic hydroxyl groups excluding tert-OH is 2. The van der Waals surface area contributed by atoms with Crippen LogP contribution >= 0.6 is 0 Å². The van der Waals surface area contributed by atoms with E-state index in [2.05, 4.69) is 5.18 Å². The van der Waals surface area contributed by atoms with Crippen molar-refractivity contribution in [1.29, 1.82) is 0 Å². The lowest BCUT2D eigenvalue weighted by atomic mass is 10.0. The molecule has 0 aromatic rings. The van der Waals surface area contributed by atoms with Gasteiger partial charge in [0.25, 0.3) is 0 Å². The van der Waals surface area contributed by atoms with Gasteiger partial charge >= 0.3 is 0 Å². The second-order valence-corrected chi connectivity index (χ2v) is 2.79. The lowest BCUT2D eigenvalue weighted by Crippen LogP contribution is -2.12. The maximum atomic E-state index is 9.80. The molecule has 0 heterocycles. The van der Waals surface area contributed by atoms with Crippen molar-refractivity contribution in [2.24, 2.45) is 11.1 Å². The van der Waals surface area contributed by atoms with Gasteiger partial charge in [-0.15, -0.1) is 0 Å². The second kappa shape index (κ2) is 6.24. The molecule has 4 nitrogen and oxygen atoms in total. The molecule has 0 aliphatic heterocycles. The zero-order valence-corrected chi connectivity index (χ0v) is 6.73. The smallest absolute Gasteiger partial charge is 0.0861 e. The topological polar surface area (TPSA) is 69.9 Å². The van der Waals surface area contributed by atoms with Crippen molar-refractivity contribution in [3.05, 3.63) is 4.91 Å². The third-order valence-corrected chi connectivity index (χ3v) is 1.58. The fourth-order valence-corrected chi connectivity index (χ4v) is 0.823. The number of hydrogen-bond acceptors (Lipinski definition) is 4. The molecule has 2 atom stereocenters. The van der Waals surface area contributed by atoms with Gasteiger partial charge in [-0.25, -0.2) is 0 Å². The summed E-state index contributed by atoms with van der Waals surface area (Å²) in [6.07, 6.45) is 0.899. The summed E-state index contributed by atoms with van der Waals surface area (Å²) in [5.74, 6) is -0.0814. The van der Waals surface area contributed by atoms with Crippen LogP contribution in [-0.2, 0) is 0 Å². The van der Waals surface area contributed by atoms with Crippen molar-refractivity contribution in [1.82, 2.24) is 0 Å². The van der Waals surface area contributed by atoms with E-state index in [9.17, 15) is 4.91 Å². The van der Waals surface area contributed by atoms with Gasteiger partial charge in [0.15, 0.2) is 0 Å². The zero-order chi connectivity index (χ0) is 8.69. The van der Waals surface area contributed by atoms with Crippen LogP contribution in [-0.4, -0.2) is 29.5 Å². The van der Waals surface area contributed by atoms with Crippen LogP contribution in [0.15, 0.2) is 5.18 Å². The van der Waals surface area contributed by atoms with Crippen LogP contribution < -0.4 is 0 Å². The summed E-state index contributed by atoms with van der Waals surface area (Å²) in [6, 6.07) is 0. The van der Waals surface area contributed by atoms with E-state index in [1.54, 1.807) is 6.92 Å². The van der Waals surface area contributed by atoms with E-state index in [-0.39, 0.29) is 25.2 Å². The molecule has 0 spiro atoms. The number of nitrogens with zero attached hydrogens (tertiary/aromatic N) is 1. The minimum absolute atomic E-state index is 0.0293. The molecular weight excluding hydrogens is 146 g/mol. The molecular formula is C7H15NO3. The van der Waals surface area contributed by atoms with Crippen molar-refractivity contribution < 1.29 is 10.2 Å². The summed E-state index contributed by atoms with van der Waals surface area (Å²) < 4.78 is 0. The Bertz CT molecular complexity index is 106. The molecule has 0 fully saturated rings. The SMILES string of the molecule is C[C@H](O)CC[C@@H](CO)CN=O. The average molecular weight is 161 g/mol. The maximum Gasteiger partial charge on any atom is 0.0861 e. The molecule has 2 N–H and O–H groups in total. The first-order valence-electron chi connectivity index (χ1n) is 3.78. The van der Waals surface area contributed by atoms with E-state index in [1.807, 2.05) is 0 Å². The van der Waals surface area contributed by atoms with Gasteiger partial charge in [-0.1, -0.05) is 5.18 Å². The van der Waals surface area contributed by atoms with Crippen molar-refractivity contribution >= 4 is 0 Å². The first-order valence-corrected chi connectivity index (χ1v) is 3.78. The highest BCUT2D eigenvalue weighted by molar-refractivity contribution is 4.61. The Hall–Kier alpha value is -0.480. The van der Waals surface area contributed by atoms with Crippen molar-refractivity contribution in [2.75, 3.05) is 13.2 Å². The Balaban J connectivity index is 3.43. The van der Waals surface area contributed by atoms with Gasteiger partial charge < -0.3 is 10.2 Å². The molecule has 0 saturated heterocycles. The standard InChI is InChI=1S/C7H15NO3/c1-6(10)2-3-7(5-9)4-8-11/h6-7,9-10H,2-5H2,1H3/t6-,7+/m0/s1. The quantitative estimate of drug-likeness (QED) is 0.558. The summed E-state index contributed by atoms with van der Waals surface area (Å²) in [5, 5.41) is 20.3. The van der Waals surface area contributed by atoms with Crippen molar-refractivity contribution in [2.45, 2.75) is 25.9 Å². The predicted molar refractivity (Wildman–Crippen MR) is 42.2 cm³/mol. The highest BCUT2D eigenvalue weighted by Gasteiger charge is 2.08. The third kappa shape index (κ3) is 5.94. The van der Waals surface area contributed by atoms with E-state index in [0.717, 1.165) is 0 Å². The lowest BCUT2D eigenvalue weighted by molar-refractivity contribution is 0.157. The molecule has 0 aromatic heterocycles. The monoisotopic (exact) mass is 161 g/mol. The Morgan fingerprint density at radius 1 is 1.45 bits per heavy atom. The summed E-state index contributed by atoms with van der Waals surface area (Å²) in [5.41, 5.74) is 0. The van der Waals surface area contributed by atoms with E-state index in [0.29, 0.717) is 12.8 Å². The van der Waals surface area contributed by atoms with Crippen molar-refractivity contribution in [3.63, 3.8) is 0 Å². The van der Waals surface area contributed by atoms with Crippen LogP contribution in [0.25, 0.3) is 0 Å². The number of aliphatic hydroxyl groups is 2. The molecule has 0 rings (SSSR count). The summed E-state index contributed by atoms with van der Waals surface area (Å²) in [7, 11) is 0. The van der Waals surface area contributed by atoms with E-state index >= 15 is 0 Å².